The van der Waals surface area contributed by atoms with Crippen LogP contribution in [0.15, 0.2) is 36.5 Å². The summed E-state index contributed by atoms with van der Waals surface area (Å²) in [6, 6.07) is 10.3. The lowest BCUT2D eigenvalue weighted by Gasteiger charge is -2.01. The molecule has 2 rings (SSSR count). The second kappa shape index (κ2) is 4.17. The Hall–Kier alpha value is -1.77. The fraction of sp³-hybridized carbons (Fsp3) is 0.250. The van der Waals surface area contributed by atoms with E-state index >= 15 is 0 Å². The van der Waals surface area contributed by atoms with Crippen molar-refractivity contribution in [1.82, 2.24) is 9.55 Å². The molecule has 2 aromatic rings. The number of nitrogens with zero attached hydrogens (tertiary/aromatic N) is 2. The Morgan fingerprint density at radius 2 is 1.93 bits per heavy atom. The van der Waals surface area contributed by atoms with E-state index in [0.717, 1.165) is 18.7 Å². The Kier molecular flexibility index (Phi) is 2.72. The van der Waals surface area contributed by atoms with Gasteiger partial charge in [-0.1, -0.05) is 30.3 Å². The van der Waals surface area contributed by atoms with Gasteiger partial charge in [-0.25, -0.2) is 0 Å². The molecule has 1 aromatic heterocycles. The molecule has 78 valence electrons. The van der Waals surface area contributed by atoms with Gasteiger partial charge in [0.1, 0.15) is 5.82 Å². The van der Waals surface area contributed by atoms with Crippen LogP contribution < -0.4 is 0 Å². The highest BCUT2D eigenvalue weighted by atomic mass is 16.3. The number of aryl methyl sites for hydroxylation is 3. The summed E-state index contributed by atoms with van der Waals surface area (Å²) in [7, 11) is 1.90. The molecule has 0 bridgehead atoms. The summed E-state index contributed by atoms with van der Waals surface area (Å²) >= 11 is 0. The van der Waals surface area contributed by atoms with E-state index < -0.39 is 0 Å². The molecule has 0 unspecified atom stereocenters. The van der Waals surface area contributed by atoms with Crippen molar-refractivity contribution in [2.45, 2.75) is 12.8 Å². The Bertz CT molecular complexity index is 434. The molecule has 1 N–H and O–H groups in total. The van der Waals surface area contributed by atoms with Crippen LogP contribution in [0.5, 0.6) is 5.88 Å². The number of rotatable bonds is 3. The molecule has 0 aliphatic heterocycles. The summed E-state index contributed by atoms with van der Waals surface area (Å²) in [6.45, 7) is 0. The molecule has 0 saturated carbocycles. The lowest BCUT2D eigenvalue weighted by molar-refractivity contribution is 0.455. The van der Waals surface area contributed by atoms with Crippen LogP contribution in [0.4, 0.5) is 0 Å². The number of benzene rings is 1. The highest BCUT2D eigenvalue weighted by Gasteiger charge is 2.03. The van der Waals surface area contributed by atoms with Crippen LogP contribution in [0.3, 0.4) is 0 Å². The summed E-state index contributed by atoms with van der Waals surface area (Å²) in [5.74, 6) is 1.01. The number of aromatic nitrogens is 2. The van der Waals surface area contributed by atoms with Crippen LogP contribution in [0, 0.1) is 0 Å². The third-order valence-electron chi connectivity index (χ3n) is 2.44. The van der Waals surface area contributed by atoms with Gasteiger partial charge in [-0.15, -0.1) is 0 Å². The maximum absolute atomic E-state index is 9.20. The van der Waals surface area contributed by atoms with E-state index in [0.29, 0.717) is 0 Å². The minimum atomic E-state index is 0.0977. The SMILES string of the molecule is Cn1cc(O)nc1CCc1ccccc1. The maximum atomic E-state index is 9.20. The molecule has 0 aliphatic carbocycles. The van der Waals surface area contributed by atoms with Crippen LogP contribution >= 0.6 is 0 Å². The van der Waals surface area contributed by atoms with Crippen molar-refractivity contribution in [3.05, 3.63) is 47.9 Å². The van der Waals surface area contributed by atoms with E-state index in [9.17, 15) is 5.11 Å². The van der Waals surface area contributed by atoms with Crippen LogP contribution in [0.2, 0.25) is 0 Å². The first-order valence-electron chi connectivity index (χ1n) is 5.01. The third kappa shape index (κ3) is 2.37. The second-order valence-electron chi connectivity index (χ2n) is 3.61. The second-order valence-corrected chi connectivity index (χ2v) is 3.61. The van der Waals surface area contributed by atoms with E-state index in [2.05, 4.69) is 17.1 Å². The van der Waals surface area contributed by atoms with E-state index in [-0.39, 0.29) is 5.88 Å². The van der Waals surface area contributed by atoms with Gasteiger partial charge in [0.05, 0.1) is 6.20 Å². The molecule has 1 heterocycles. The predicted octanol–water partition coefficient (Wildman–Crippen LogP) is 1.91. The van der Waals surface area contributed by atoms with E-state index in [1.54, 1.807) is 6.20 Å². The van der Waals surface area contributed by atoms with E-state index in [1.165, 1.54) is 5.56 Å². The topological polar surface area (TPSA) is 38.0 Å². The molecule has 0 amide bonds. The van der Waals surface area contributed by atoms with Gasteiger partial charge in [-0.05, 0) is 12.0 Å². The monoisotopic (exact) mass is 202 g/mol. The van der Waals surface area contributed by atoms with Crippen LogP contribution in [-0.4, -0.2) is 14.7 Å². The van der Waals surface area contributed by atoms with Gasteiger partial charge < -0.3 is 9.67 Å². The summed E-state index contributed by atoms with van der Waals surface area (Å²) < 4.78 is 1.86. The molecule has 3 nitrogen and oxygen atoms in total. The van der Waals surface area contributed by atoms with Crippen molar-refractivity contribution < 1.29 is 5.11 Å². The first kappa shape index (κ1) is 9.77. The normalized spacial score (nSPS) is 10.5. The highest BCUT2D eigenvalue weighted by Crippen LogP contribution is 2.10. The van der Waals surface area contributed by atoms with Crippen LogP contribution in [0.1, 0.15) is 11.4 Å². The Morgan fingerprint density at radius 1 is 1.20 bits per heavy atom. The maximum Gasteiger partial charge on any atom is 0.229 e. The zero-order valence-corrected chi connectivity index (χ0v) is 8.72. The van der Waals surface area contributed by atoms with Crippen LogP contribution in [-0.2, 0) is 19.9 Å². The molecule has 1 aromatic carbocycles. The summed E-state index contributed by atoms with van der Waals surface area (Å²) in [6.07, 6.45) is 3.42. The zero-order chi connectivity index (χ0) is 10.7. The van der Waals surface area contributed by atoms with Crippen molar-refractivity contribution in [3.63, 3.8) is 0 Å². The zero-order valence-electron chi connectivity index (χ0n) is 8.72. The van der Waals surface area contributed by atoms with Gasteiger partial charge in [0.2, 0.25) is 5.88 Å². The van der Waals surface area contributed by atoms with Crippen molar-refractivity contribution in [1.29, 1.82) is 0 Å². The number of aromatic hydroxyl groups is 1. The van der Waals surface area contributed by atoms with Gasteiger partial charge in [0.15, 0.2) is 0 Å². The standard InChI is InChI=1S/C12H14N2O/c1-14-9-12(15)13-11(14)8-7-10-5-3-2-4-6-10/h2-6,9,15H,7-8H2,1H3. The van der Waals surface area contributed by atoms with E-state index in [1.807, 2.05) is 29.8 Å². The van der Waals surface area contributed by atoms with Gasteiger partial charge in [0.25, 0.3) is 0 Å². The van der Waals surface area contributed by atoms with Gasteiger partial charge >= 0.3 is 0 Å². The quantitative estimate of drug-likeness (QED) is 0.825. The molecule has 0 atom stereocenters. The van der Waals surface area contributed by atoms with Crippen molar-refractivity contribution in [3.8, 4) is 5.88 Å². The molecule has 3 heteroatoms. The minimum Gasteiger partial charge on any atom is -0.492 e. The first-order chi connectivity index (χ1) is 7.25. The van der Waals surface area contributed by atoms with Gasteiger partial charge in [-0.3, -0.25) is 0 Å². The fourth-order valence-electron chi connectivity index (χ4n) is 1.62. The number of imidazole rings is 1. The molecule has 0 saturated heterocycles. The van der Waals surface area contributed by atoms with Gasteiger partial charge in [0, 0.05) is 13.5 Å². The molecular formula is C12H14N2O. The molecule has 0 radical (unpaired) electrons. The average molecular weight is 202 g/mol. The Labute approximate surface area is 89.0 Å². The minimum absolute atomic E-state index is 0.0977. The summed E-state index contributed by atoms with van der Waals surface area (Å²) in [5.41, 5.74) is 1.29. The molecule has 0 spiro atoms. The molecular weight excluding hydrogens is 188 g/mol. The summed E-state index contributed by atoms with van der Waals surface area (Å²) in [4.78, 5) is 4.04. The third-order valence-corrected chi connectivity index (χ3v) is 2.44. The van der Waals surface area contributed by atoms with Crippen molar-refractivity contribution in [2.24, 2.45) is 7.05 Å². The smallest absolute Gasteiger partial charge is 0.229 e. The van der Waals surface area contributed by atoms with Crippen LogP contribution in [0.25, 0.3) is 0 Å². The summed E-state index contributed by atoms with van der Waals surface area (Å²) in [5, 5.41) is 9.20. The lowest BCUT2D eigenvalue weighted by atomic mass is 10.1. The van der Waals surface area contributed by atoms with E-state index in [4.69, 9.17) is 0 Å². The Balaban J connectivity index is 2.02. The molecule has 0 fully saturated rings. The number of hydrogen-bond acceptors (Lipinski definition) is 2. The predicted molar refractivity (Wildman–Crippen MR) is 58.7 cm³/mol. The molecule has 15 heavy (non-hydrogen) atoms. The highest BCUT2D eigenvalue weighted by molar-refractivity contribution is 5.16. The largest absolute Gasteiger partial charge is 0.492 e. The average Bonchev–Trinajstić information content (AvgIpc) is 2.56. The number of hydrogen-bond donors (Lipinski definition) is 1. The molecule has 0 aliphatic rings. The van der Waals surface area contributed by atoms with Crippen molar-refractivity contribution in [2.75, 3.05) is 0 Å². The lowest BCUT2D eigenvalue weighted by Crippen LogP contribution is -1.99. The van der Waals surface area contributed by atoms with Crippen molar-refractivity contribution >= 4 is 0 Å². The fourth-order valence-corrected chi connectivity index (χ4v) is 1.62. The Morgan fingerprint density at radius 3 is 2.53 bits per heavy atom. The van der Waals surface area contributed by atoms with Gasteiger partial charge in [-0.2, -0.15) is 4.98 Å². The first-order valence-corrected chi connectivity index (χ1v) is 5.01.